The molecule has 1 aliphatic rings. The lowest BCUT2D eigenvalue weighted by atomic mass is 10.0. The molecule has 1 aromatic carbocycles. The van der Waals surface area contributed by atoms with Crippen molar-refractivity contribution in [3.8, 4) is 12.3 Å². The first-order chi connectivity index (χ1) is 6.22. The van der Waals surface area contributed by atoms with E-state index in [-0.39, 0.29) is 0 Å². The molecular weight excluding hydrogens is 160 g/mol. The second-order valence-electron chi connectivity index (χ2n) is 3.75. The molecule has 2 rings (SSSR count). The van der Waals surface area contributed by atoms with Crippen LogP contribution >= 0.6 is 0 Å². The molecule has 1 N–H and O–H groups in total. The largest absolute Gasteiger partial charge is 0.390 e. The summed E-state index contributed by atoms with van der Waals surface area (Å²) in [6, 6.07) is 7.82. The van der Waals surface area contributed by atoms with Gasteiger partial charge in [0.25, 0.3) is 0 Å². The van der Waals surface area contributed by atoms with Crippen molar-refractivity contribution in [3.63, 3.8) is 0 Å². The topological polar surface area (TPSA) is 20.2 Å². The highest BCUT2D eigenvalue weighted by molar-refractivity contribution is 5.36. The quantitative estimate of drug-likeness (QED) is 0.674. The van der Waals surface area contributed by atoms with Crippen LogP contribution < -0.4 is 0 Å². The van der Waals surface area contributed by atoms with Gasteiger partial charge in [-0.3, -0.25) is 0 Å². The molecule has 66 valence electrons. The second-order valence-corrected chi connectivity index (χ2v) is 3.75. The van der Waals surface area contributed by atoms with E-state index < -0.39 is 5.60 Å². The van der Waals surface area contributed by atoms with Gasteiger partial charge in [-0.05, 0) is 30.5 Å². The highest BCUT2D eigenvalue weighted by Crippen LogP contribution is 2.38. The van der Waals surface area contributed by atoms with E-state index in [2.05, 4.69) is 5.92 Å². The summed E-state index contributed by atoms with van der Waals surface area (Å²) in [5.41, 5.74) is 1.60. The van der Waals surface area contributed by atoms with Gasteiger partial charge in [-0.25, -0.2) is 0 Å². The van der Waals surface area contributed by atoms with E-state index in [9.17, 15) is 5.11 Å². The van der Waals surface area contributed by atoms with Crippen LogP contribution in [0.15, 0.2) is 24.3 Å². The van der Waals surface area contributed by atoms with Crippen molar-refractivity contribution < 1.29 is 5.11 Å². The van der Waals surface area contributed by atoms with Gasteiger partial charge in [0.05, 0.1) is 5.60 Å². The van der Waals surface area contributed by atoms with Gasteiger partial charge in [-0.15, -0.1) is 6.42 Å². The van der Waals surface area contributed by atoms with Crippen LogP contribution in [0.4, 0.5) is 0 Å². The molecule has 0 bridgehead atoms. The molecular formula is C12H12O. The van der Waals surface area contributed by atoms with Crippen LogP contribution in [0.3, 0.4) is 0 Å². The van der Waals surface area contributed by atoms with Gasteiger partial charge >= 0.3 is 0 Å². The monoisotopic (exact) mass is 172 g/mol. The van der Waals surface area contributed by atoms with E-state index in [0.717, 1.165) is 30.4 Å². The lowest BCUT2D eigenvalue weighted by molar-refractivity contribution is 0.151. The third-order valence-corrected chi connectivity index (χ3v) is 2.45. The number of hydrogen-bond acceptors (Lipinski definition) is 1. The molecule has 0 amide bonds. The average molecular weight is 172 g/mol. The number of terminal acetylenes is 1. The van der Waals surface area contributed by atoms with E-state index in [1.807, 2.05) is 24.3 Å². The van der Waals surface area contributed by atoms with E-state index in [1.54, 1.807) is 0 Å². The predicted molar refractivity (Wildman–Crippen MR) is 52.3 cm³/mol. The van der Waals surface area contributed by atoms with Crippen LogP contribution in [0.25, 0.3) is 0 Å². The maximum absolute atomic E-state index is 9.69. The molecule has 0 atom stereocenters. The Hall–Kier alpha value is -1.26. The fraction of sp³-hybridized carbons (Fsp3) is 0.333. The maximum Gasteiger partial charge on any atom is 0.0690 e. The minimum absolute atomic E-state index is 0.423. The van der Waals surface area contributed by atoms with Crippen molar-refractivity contribution >= 4 is 0 Å². The Morgan fingerprint density at radius 3 is 2.85 bits per heavy atom. The SMILES string of the molecule is C#Cc1cccc(CC2(O)CC2)c1. The van der Waals surface area contributed by atoms with Gasteiger partial charge in [0.1, 0.15) is 0 Å². The Morgan fingerprint density at radius 2 is 2.23 bits per heavy atom. The van der Waals surface area contributed by atoms with Crippen LogP contribution in [-0.4, -0.2) is 10.7 Å². The number of rotatable bonds is 2. The molecule has 1 nitrogen and oxygen atoms in total. The van der Waals surface area contributed by atoms with Crippen LogP contribution in [0.2, 0.25) is 0 Å². The molecule has 1 aliphatic carbocycles. The molecule has 1 heteroatoms. The van der Waals surface area contributed by atoms with Gasteiger partial charge in [0.2, 0.25) is 0 Å². The molecule has 0 radical (unpaired) electrons. The fourth-order valence-corrected chi connectivity index (χ4v) is 1.47. The van der Waals surface area contributed by atoms with Gasteiger partial charge in [-0.2, -0.15) is 0 Å². The third-order valence-electron chi connectivity index (χ3n) is 2.45. The van der Waals surface area contributed by atoms with Gasteiger partial charge in [0, 0.05) is 12.0 Å². The summed E-state index contributed by atoms with van der Waals surface area (Å²) in [5.74, 6) is 2.59. The van der Waals surface area contributed by atoms with E-state index in [0.29, 0.717) is 0 Å². The predicted octanol–water partition coefficient (Wildman–Crippen LogP) is 1.74. The zero-order valence-electron chi connectivity index (χ0n) is 7.46. The number of aliphatic hydroxyl groups is 1. The van der Waals surface area contributed by atoms with Crippen molar-refractivity contribution in [3.05, 3.63) is 35.4 Å². The minimum Gasteiger partial charge on any atom is -0.390 e. The molecule has 0 spiro atoms. The lowest BCUT2D eigenvalue weighted by Gasteiger charge is -2.07. The van der Waals surface area contributed by atoms with Gasteiger partial charge in [0.15, 0.2) is 0 Å². The van der Waals surface area contributed by atoms with Crippen molar-refractivity contribution in [2.75, 3.05) is 0 Å². The van der Waals surface area contributed by atoms with E-state index in [4.69, 9.17) is 6.42 Å². The van der Waals surface area contributed by atoms with E-state index in [1.165, 1.54) is 0 Å². The van der Waals surface area contributed by atoms with Crippen LogP contribution in [0.5, 0.6) is 0 Å². The van der Waals surface area contributed by atoms with Crippen molar-refractivity contribution in [1.82, 2.24) is 0 Å². The smallest absolute Gasteiger partial charge is 0.0690 e. The molecule has 1 aromatic rings. The average Bonchev–Trinajstić information content (AvgIpc) is 2.84. The van der Waals surface area contributed by atoms with E-state index >= 15 is 0 Å². The molecule has 13 heavy (non-hydrogen) atoms. The lowest BCUT2D eigenvalue weighted by Crippen LogP contribution is -2.10. The van der Waals surface area contributed by atoms with Gasteiger partial charge in [-0.1, -0.05) is 18.1 Å². The molecule has 0 saturated heterocycles. The number of hydrogen-bond donors (Lipinski definition) is 1. The zero-order valence-corrected chi connectivity index (χ0v) is 7.46. The zero-order chi connectivity index (χ0) is 9.31. The normalized spacial score (nSPS) is 17.8. The van der Waals surface area contributed by atoms with Crippen molar-refractivity contribution in [1.29, 1.82) is 0 Å². The Balaban J connectivity index is 2.17. The number of benzene rings is 1. The third kappa shape index (κ3) is 1.91. The maximum atomic E-state index is 9.69. The first-order valence-corrected chi connectivity index (χ1v) is 4.50. The summed E-state index contributed by atoms with van der Waals surface area (Å²) in [7, 11) is 0. The first kappa shape index (κ1) is 8.34. The summed E-state index contributed by atoms with van der Waals surface area (Å²) < 4.78 is 0. The summed E-state index contributed by atoms with van der Waals surface area (Å²) in [5, 5.41) is 9.69. The summed E-state index contributed by atoms with van der Waals surface area (Å²) in [4.78, 5) is 0. The highest BCUT2D eigenvalue weighted by atomic mass is 16.3. The summed E-state index contributed by atoms with van der Waals surface area (Å²) in [6.45, 7) is 0. The van der Waals surface area contributed by atoms with Gasteiger partial charge < -0.3 is 5.11 Å². The molecule has 1 saturated carbocycles. The van der Waals surface area contributed by atoms with Crippen molar-refractivity contribution in [2.45, 2.75) is 24.9 Å². The minimum atomic E-state index is -0.423. The molecule has 0 aromatic heterocycles. The first-order valence-electron chi connectivity index (χ1n) is 4.50. The van der Waals surface area contributed by atoms with Crippen LogP contribution in [0, 0.1) is 12.3 Å². The molecule has 0 heterocycles. The summed E-state index contributed by atoms with van der Waals surface area (Å²) in [6.07, 6.45) is 7.87. The molecule has 0 unspecified atom stereocenters. The van der Waals surface area contributed by atoms with Crippen LogP contribution in [0.1, 0.15) is 24.0 Å². The Bertz CT molecular complexity index is 356. The molecule has 0 aliphatic heterocycles. The Kier molecular flexibility index (Phi) is 1.86. The second kappa shape index (κ2) is 2.90. The highest BCUT2D eigenvalue weighted by Gasteiger charge is 2.39. The summed E-state index contributed by atoms with van der Waals surface area (Å²) >= 11 is 0. The Morgan fingerprint density at radius 1 is 1.46 bits per heavy atom. The van der Waals surface area contributed by atoms with Crippen LogP contribution in [-0.2, 0) is 6.42 Å². The fourth-order valence-electron chi connectivity index (χ4n) is 1.47. The Labute approximate surface area is 78.4 Å². The van der Waals surface area contributed by atoms with Crippen molar-refractivity contribution in [2.24, 2.45) is 0 Å². The standard InChI is InChI=1S/C12H12O/c1-2-10-4-3-5-11(8-10)9-12(13)6-7-12/h1,3-5,8,13H,6-7,9H2. The molecule has 1 fully saturated rings.